The van der Waals surface area contributed by atoms with Gasteiger partial charge in [-0.05, 0) is 32.6 Å². The molecule has 7 nitrogen and oxygen atoms in total. The lowest BCUT2D eigenvalue weighted by Crippen LogP contribution is -2.47. The Morgan fingerprint density at radius 3 is 2.45 bits per heavy atom. The van der Waals surface area contributed by atoms with Crippen molar-refractivity contribution in [2.75, 3.05) is 6.54 Å². The summed E-state index contributed by atoms with van der Waals surface area (Å²) >= 11 is 0. The smallest absolute Gasteiger partial charge is 0.242 e. The van der Waals surface area contributed by atoms with Gasteiger partial charge in [-0.15, -0.1) is 0 Å². The summed E-state index contributed by atoms with van der Waals surface area (Å²) in [7, 11) is 0. The molecule has 0 unspecified atom stereocenters. The lowest BCUT2D eigenvalue weighted by molar-refractivity contribution is -0.128. The average Bonchev–Trinajstić information content (AvgIpc) is 2.71. The Hall–Kier alpha value is -1.92. The monoisotopic (exact) mass is 309 g/mol. The molecule has 124 valence electrons. The maximum atomic E-state index is 12.1. The Morgan fingerprint density at radius 1 is 1.27 bits per heavy atom. The summed E-state index contributed by atoms with van der Waals surface area (Å²) in [6.07, 6.45) is 1.40. The third kappa shape index (κ3) is 6.24. The molecule has 1 aromatic heterocycles. The van der Waals surface area contributed by atoms with E-state index in [9.17, 15) is 9.59 Å². The Morgan fingerprint density at radius 2 is 1.95 bits per heavy atom. The third-order valence-corrected chi connectivity index (χ3v) is 3.21. The summed E-state index contributed by atoms with van der Waals surface area (Å²) in [5.74, 6) is 1.65. The number of aromatic nitrogens is 3. The molecule has 7 heteroatoms. The van der Waals surface area contributed by atoms with Gasteiger partial charge >= 0.3 is 0 Å². The first-order chi connectivity index (χ1) is 10.3. The number of nitrogens with one attached hydrogen (secondary N) is 2. The number of aryl methyl sites for hydroxylation is 3. The predicted molar refractivity (Wildman–Crippen MR) is 84.2 cm³/mol. The maximum absolute atomic E-state index is 12.1. The third-order valence-electron chi connectivity index (χ3n) is 3.21. The van der Waals surface area contributed by atoms with Gasteiger partial charge in [0.2, 0.25) is 11.8 Å². The van der Waals surface area contributed by atoms with E-state index in [1.807, 2.05) is 32.4 Å². The van der Waals surface area contributed by atoms with Crippen LogP contribution in [-0.4, -0.2) is 39.2 Å². The molecule has 0 bridgehead atoms. The first-order valence-corrected chi connectivity index (χ1v) is 7.72. The van der Waals surface area contributed by atoms with Crippen molar-refractivity contribution in [2.24, 2.45) is 5.92 Å². The summed E-state index contributed by atoms with van der Waals surface area (Å²) < 4.78 is 1.83. The highest BCUT2D eigenvalue weighted by molar-refractivity contribution is 5.86. The van der Waals surface area contributed by atoms with Gasteiger partial charge in [-0.2, -0.15) is 5.10 Å². The van der Waals surface area contributed by atoms with Crippen LogP contribution >= 0.6 is 0 Å². The molecule has 0 spiro atoms. The minimum atomic E-state index is -0.465. The molecule has 2 amide bonds. The van der Waals surface area contributed by atoms with Crippen LogP contribution in [0.3, 0.4) is 0 Å². The van der Waals surface area contributed by atoms with Crippen molar-refractivity contribution in [1.29, 1.82) is 0 Å². The summed E-state index contributed by atoms with van der Waals surface area (Å²) in [4.78, 5) is 27.6. The largest absolute Gasteiger partial charge is 0.354 e. The first kappa shape index (κ1) is 18.1. The molecule has 0 radical (unpaired) electrons. The van der Waals surface area contributed by atoms with Crippen LogP contribution in [0.5, 0.6) is 0 Å². The zero-order valence-corrected chi connectivity index (χ0v) is 14.1. The summed E-state index contributed by atoms with van der Waals surface area (Å²) in [5.41, 5.74) is 0. The molecular formula is C15H27N5O2. The molecule has 0 aliphatic carbocycles. The minimum Gasteiger partial charge on any atom is -0.354 e. The van der Waals surface area contributed by atoms with E-state index in [4.69, 9.17) is 0 Å². The number of amides is 2. The van der Waals surface area contributed by atoms with E-state index in [2.05, 4.69) is 20.7 Å². The Bertz CT molecular complexity index is 510. The molecule has 0 saturated heterocycles. The number of hydrogen-bond donors (Lipinski definition) is 2. The van der Waals surface area contributed by atoms with Crippen LogP contribution in [0.4, 0.5) is 0 Å². The van der Waals surface area contributed by atoms with Crippen LogP contribution in [0.15, 0.2) is 0 Å². The van der Waals surface area contributed by atoms with Gasteiger partial charge in [0.1, 0.15) is 17.7 Å². The highest BCUT2D eigenvalue weighted by Crippen LogP contribution is 2.05. The van der Waals surface area contributed by atoms with Crippen molar-refractivity contribution in [2.45, 2.75) is 60.0 Å². The summed E-state index contributed by atoms with van der Waals surface area (Å²) in [6.45, 7) is 10.5. The Kier molecular flexibility index (Phi) is 7.01. The van der Waals surface area contributed by atoms with Gasteiger partial charge < -0.3 is 10.6 Å². The van der Waals surface area contributed by atoms with Crippen LogP contribution in [0.25, 0.3) is 0 Å². The zero-order valence-electron chi connectivity index (χ0n) is 14.1. The second kappa shape index (κ2) is 8.51. The lowest BCUT2D eigenvalue weighted by atomic mass is 10.0. The van der Waals surface area contributed by atoms with Gasteiger partial charge in [-0.1, -0.05) is 13.8 Å². The second-order valence-corrected chi connectivity index (χ2v) is 5.96. The van der Waals surface area contributed by atoms with Crippen LogP contribution in [0.1, 0.15) is 45.3 Å². The summed E-state index contributed by atoms with van der Waals surface area (Å²) in [6, 6.07) is -0.465. The van der Waals surface area contributed by atoms with Crippen molar-refractivity contribution in [3.05, 3.63) is 11.6 Å². The SMILES string of the molecule is CC(=O)N[C@@H](CC(C)C)C(=O)NCCCn1nc(C)nc1C. The van der Waals surface area contributed by atoms with E-state index in [1.165, 1.54) is 6.92 Å². The van der Waals surface area contributed by atoms with Crippen molar-refractivity contribution in [1.82, 2.24) is 25.4 Å². The molecule has 0 aromatic carbocycles. The van der Waals surface area contributed by atoms with E-state index >= 15 is 0 Å². The fourth-order valence-electron chi connectivity index (χ4n) is 2.28. The highest BCUT2D eigenvalue weighted by atomic mass is 16.2. The van der Waals surface area contributed by atoms with E-state index in [-0.39, 0.29) is 11.8 Å². The van der Waals surface area contributed by atoms with Crippen LogP contribution in [0, 0.1) is 19.8 Å². The van der Waals surface area contributed by atoms with E-state index in [0.717, 1.165) is 18.1 Å². The van der Waals surface area contributed by atoms with Crippen molar-refractivity contribution in [3.8, 4) is 0 Å². The fourth-order valence-corrected chi connectivity index (χ4v) is 2.28. The number of nitrogens with zero attached hydrogens (tertiary/aromatic N) is 3. The van der Waals surface area contributed by atoms with Gasteiger partial charge in [-0.3, -0.25) is 14.3 Å². The number of carbonyl (C=O) groups excluding carboxylic acids is 2. The molecule has 0 saturated carbocycles. The molecule has 1 rings (SSSR count). The lowest BCUT2D eigenvalue weighted by Gasteiger charge is -2.19. The first-order valence-electron chi connectivity index (χ1n) is 7.72. The molecule has 0 fully saturated rings. The van der Waals surface area contributed by atoms with E-state index in [0.29, 0.717) is 25.4 Å². The maximum Gasteiger partial charge on any atom is 0.242 e. The van der Waals surface area contributed by atoms with Crippen molar-refractivity contribution >= 4 is 11.8 Å². The minimum absolute atomic E-state index is 0.129. The zero-order chi connectivity index (χ0) is 16.7. The normalized spacial score (nSPS) is 12.3. The molecule has 1 aromatic rings. The van der Waals surface area contributed by atoms with Gasteiger partial charge in [0.05, 0.1) is 0 Å². The molecular weight excluding hydrogens is 282 g/mol. The quantitative estimate of drug-likeness (QED) is 0.700. The number of hydrogen-bond acceptors (Lipinski definition) is 4. The van der Waals surface area contributed by atoms with Gasteiger partial charge in [-0.25, -0.2) is 4.98 Å². The molecule has 2 N–H and O–H groups in total. The standard InChI is InChI=1S/C15H27N5O2/c1-10(2)9-14(18-13(5)21)15(22)16-7-6-8-20-12(4)17-11(3)19-20/h10,14H,6-9H2,1-5H3,(H,16,22)(H,18,21)/t14-/m0/s1. The Balaban J connectivity index is 2.39. The molecule has 1 heterocycles. The Labute approximate surface area is 131 Å². The van der Waals surface area contributed by atoms with E-state index in [1.54, 1.807) is 0 Å². The van der Waals surface area contributed by atoms with Crippen molar-refractivity contribution in [3.63, 3.8) is 0 Å². The van der Waals surface area contributed by atoms with Gasteiger partial charge in [0, 0.05) is 20.0 Å². The second-order valence-electron chi connectivity index (χ2n) is 5.96. The van der Waals surface area contributed by atoms with Gasteiger partial charge in [0.15, 0.2) is 0 Å². The fraction of sp³-hybridized carbons (Fsp3) is 0.733. The van der Waals surface area contributed by atoms with Gasteiger partial charge in [0.25, 0.3) is 0 Å². The van der Waals surface area contributed by atoms with Crippen LogP contribution in [-0.2, 0) is 16.1 Å². The van der Waals surface area contributed by atoms with Crippen LogP contribution < -0.4 is 10.6 Å². The molecule has 0 aliphatic heterocycles. The van der Waals surface area contributed by atoms with Crippen molar-refractivity contribution < 1.29 is 9.59 Å². The number of carbonyl (C=O) groups is 2. The van der Waals surface area contributed by atoms with E-state index < -0.39 is 6.04 Å². The molecule has 1 atom stereocenters. The predicted octanol–water partition coefficient (Wildman–Crippen LogP) is 0.952. The topological polar surface area (TPSA) is 88.9 Å². The molecule has 22 heavy (non-hydrogen) atoms. The molecule has 0 aliphatic rings. The summed E-state index contributed by atoms with van der Waals surface area (Å²) in [5, 5.41) is 9.85. The number of rotatable bonds is 8. The average molecular weight is 309 g/mol. The highest BCUT2D eigenvalue weighted by Gasteiger charge is 2.20. The van der Waals surface area contributed by atoms with Crippen LogP contribution in [0.2, 0.25) is 0 Å².